The predicted molar refractivity (Wildman–Crippen MR) is 92.6 cm³/mol. The number of amides is 3. The van der Waals surface area contributed by atoms with Crippen LogP contribution in [0.3, 0.4) is 0 Å². The maximum atomic E-state index is 13.7. The number of carbonyl (C=O) groups is 2. The molecule has 1 aliphatic heterocycles. The summed E-state index contributed by atoms with van der Waals surface area (Å²) >= 11 is 1.41. The minimum absolute atomic E-state index is 0.190. The van der Waals surface area contributed by atoms with Crippen LogP contribution in [0.25, 0.3) is 0 Å². The van der Waals surface area contributed by atoms with E-state index in [1.165, 1.54) is 11.3 Å². The lowest BCUT2D eigenvalue weighted by Crippen LogP contribution is -2.45. The molecule has 1 fully saturated rings. The van der Waals surface area contributed by atoms with Crippen LogP contribution in [0.15, 0.2) is 35.7 Å². The van der Waals surface area contributed by atoms with Crippen LogP contribution >= 0.6 is 11.3 Å². The zero-order chi connectivity index (χ0) is 17.8. The molecule has 0 saturated carbocycles. The molecule has 0 bridgehead atoms. The van der Waals surface area contributed by atoms with Crippen LogP contribution in [0.2, 0.25) is 0 Å². The number of likely N-dealkylation sites (tertiary alicyclic amines) is 1. The number of benzene rings is 1. The minimum atomic E-state index is -0.696. The number of nitrogens with zero attached hydrogens (tertiary/aromatic N) is 1. The van der Waals surface area contributed by atoms with E-state index in [0.717, 1.165) is 23.2 Å². The van der Waals surface area contributed by atoms with E-state index in [0.29, 0.717) is 19.4 Å². The van der Waals surface area contributed by atoms with Gasteiger partial charge in [-0.2, -0.15) is 0 Å². The van der Waals surface area contributed by atoms with Crippen LogP contribution in [-0.2, 0) is 4.79 Å². The number of thiophene rings is 1. The van der Waals surface area contributed by atoms with Crippen molar-refractivity contribution < 1.29 is 18.4 Å². The Bertz CT molecular complexity index is 767. The standard InChI is InChI=1S/C17H17F2N3O2S/c18-12-5-6-13(19)14(9-12)20-16(23)11-3-1-7-22(10-11)17(24)21-15-4-2-8-25-15/h2,4-6,8-9,11H,1,3,7,10H2,(H,20,23)(H,21,24). The Morgan fingerprint density at radius 2 is 2.04 bits per heavy atom. The summed E-state index contributed by atoms with van der Waals surface area (Å²) in [5.74, 6) is -2.21. The van der Waals surface area contributed by atoms with Gasteiger partial charge >= 0.3 is 6.03 Å². The number of hydrogen-bond acceptors (Lipinski definition) is 3. The SMILES string of the molecule is O=C(Nc1cc(F)ccc1F)C1CCCN(C(=O)Nc2cccs2)C1. The molecule has 1 atom stereocenters. The molecule has 5 nitrogen and oxygen atoms in total. The highest BCUT2D eigenvalue weighted by Crippen LogP contribution is 2.22. The van der Waals surface area contributed by atoms with Crippen molar-refractivity contribution >= 4 is 34.0 Å². The number of nitrogens with one attached hydrogen (secondary N) is 2. The quantitative estimate of drug-likeness (QED) is 0.866. The molecule has 2 N–H and O–H groups in total. The molecule has 3 amide bonds. The van der Waals surface area contributed by atoms with Crippen molar-refractivity contribution in [1.29, 1.82) is 0 Å². The van der Waals surface area contributed by atoms with Gasteiger partial charge in [0.1, 0.15) is 11.6 Å². The molecular weight excluding hydrogens is 348 g/mol. The monoisotopic (exact) mass is 365 g/mol. The molecule has 0 radical (unpaired) electrons. The maximum Gasteiger partial charge on any atom is 0.322 e. The molecule has 1 aliphatic rings. The highest BCUT2D eigenvalue weighted by atomic mass is 32.1. The first-order valence-electron chi connectivity index (χ1n) is 7.88. The van der Waals surface area contributed by atoms with Crippen LogP contribution in [0.5, 0.6) is 0 Å². The second-order valence-corrected chi connectivity index (χ2v) is 6.75. The highest BCUT2D eigenvalue weighted by molar-refractivity contribution is 7.14. The Morgan fingerprint density at radius 3 is 2.80 bits per heavy atom. The van der Waals surface area contributed by atoms with Gasteiger partial charge in [-0.1, -0.05) is 0 Å². The van der Waals surface area contributed by atoms with E-state index in [-0.39, 0.29) is 18.3 Å². The van der Waals surface area contributed by atoms with Gasteiger partial charge in [-0.3, -0.25) is 10.1 Å². The number of carbonyl (C=O) groups excluding carboxylic acids is 2. The molecule has 8 heteroatoms. The molecule has 1 aromatic heterocycles. The summed E-state index contributed by atoms with van der Waals surface area (Å²) in [5.41, 5.74) is -0.190. The van der Waals surface area contributed by atoms with Gasteiger partial charge < -0.3 is 10.2 Å². The van der Waals surface area contributed by atoms with Crippen LogP contribution in [-0.4, -0.2) is 29.9 Å². The first kappa shape index (κ1) is 17.3. The van der Waals surface area contributed by atoms with E-state index >= 15 is 0 Å². The van der Waals surface area contributed by atoms with E-state index in [4.69, 9.17) is 0 Å². The smallest absolute Gasteiger partial charge is 0.322 e. The Balaban J connectivity index is 1.61. The summed E-state index contributed by atoms with van der Waals surface area (Å²) < 4.78 is 26.9. The number of rotatable bonds is 3. The molecule has 0 spiro atoms. The Hall–Kier alpha value is -2.48. The van der Waals surface area contributed by atoms with E-state index in [1.54, 1.807) is 11.0 Å². The van der Waals surface area contributed by atoms with E-state index in [1.807, 2.05) is 11.4 Å². The Kier molecular flexibility index (Phi) is 5.28. The lowest BCUT2D eigenvalue weighted by atomic mass is 9.97. The lowest BCUT2D eigenvalue weighted by molar-refractivity contribution is -0.121. The molecule has 25 heavy (non-hydrogen) atoms. The maximum absolute atomic E-state index is 13.7. The fraction of sp³-hybridized carbons (Fsp3) is 0.294. The number of anilines is 2. The third kappa shape index (κ3) is 4.33. The van der Waals surface area contributed by atoms with E-state index in [2.05, 4.69) is 10.6 Å². The summed E-state index contributed by atoms with van der Waals surface area (Å²) in [4.78, 5) is 26.2. The van der Waals surface area contributed by atoms with Crippen molar-refractivity contribution in [3.8, 4) is 0 Å². The highest BCUT2D eigenvalue weighted by Gasteiger charge is 2.29. The molecule has 1 saturated heterocycles. The third-order valence-electron chi connectivity index (χ3n) is 4.02. The molecule has 132 valence electrons. The van der Waals surface area contributed by atoms with Crippen molar-refractivity contribution in [3.05, 3.63) is 47.3 Å². The average Bonchev–Trinajstić information content (AvgIpc) is 3.11. The summed E-state index contributed by atoms with van der Waals surface area (Å²) in [6, 6.07) is 6.26. The van der Waals surface area contributed by atoms with Gasteiger partial charge in [0.15, 0.2) is 0 Å². The molecule has 2 heterocycles. The average molecular weight is 365 g/mol. The molecule has 1 aromatic carbocycles. The number of halogens is 2. The van der Waals surface area contributed by atoms with Crippen LogP contribution in [0.1, 0.15) is 12.8 Å². The molecule has 2 aromatic rings. The van der Waals surface area contributed by atoms with E-state index < -0.39 is 23.5 Å². The first-order valence-corrected chi connectivity index (χ1v) is 8.76. The fourth-order valence-electron chi connectivity index (χ4n) is 2.74. The van der Waals surface area contributed by atoms with Crippen LogP contribution in [0.4, 0.5) is 24.3 Å². The second-order valence-electron chi connectivity index (χ2n) is 5.81. The summed E-state index contributed by atoms with van der Waals surface area (Å²) in [6.45, 7) is 0.787. The van der Waals surface area contributed by atoms with Crippen molar-refractivity contribution in [2.45, 2.75) is 12.8 Å². The lowest BCUT2D eigenvalue weighted by Gasteiger charge is -2.31. The zero-order valence-electron chi connectivity index (χ0n) is 13.3. The van der Waals surface area contributed by atoms with Crippen molar-refractivity contribution in [2.24, 2.45) is 5.92 Å². The van der Waals surface area contributed by atoms with Gasteiger partial charge in [-0.15, -0.1) is 11.3 Å². The van der Waals surface area contributed by atoms with Crippen molar-refractivity contribution in [1.82, 2.24) is 4.90 Å². The first-order chi connectivity index (χ1) is 12.0. The normalized spacial score (nSPS) is 17.2. The number of hydrogen-bond donors (Lipinski definition) is 2. The predicted octanol–water partition coefficient (Wildman–Crippen LogP) is 3.91. The summed E-state index contributed by atoms with van der Waals surface area (Å²) in [5, 5.41) is 7.79. The number of urea groups is 1. The Labute approximate surface area is 147 Å². The molecule has 1 unspecified atom stereocenters. The van der Waals surface area contributed by atoms with Gasteiger partial charge in [0.05, 0.1) is 16.6 Å². The minimum Gasteiger partial charge on any atom is -0.324 e. The topological polar surface area (TPSA) is 61.4 Å². The van der Waals surface area contributed by atoms with Gasteiger partial charge in [0.25, 0.3) is 0 Å². The van der Waals surface area contributed by atoms with Crippen LogP contribution in [0, 0.1) is 17.6 Å². The van der Waals surface area contributed by atoms with Crippen molar-refractivity contribution in [3.63, 3.8) is 0 Å². The molecule has 0 aliphatic carbocycles. The molecular formula is C17H17F2N3O2S. The number of piperidine rings is 1. The fourth-order valence-corrected chi connectivity index (χ4v) is 3.34. The van der Waals surface area contributed by atoms with Gasteiger partial charge in [0.2, 0.25) is 5.91 Å². The van der Waals surface area contributed by atoms with Crippen molar-refractivity contribution in [2.75, 3.05) is 23.7 Å². The van der Waals surface area contributed by atoms with Gasteiger partial charge in [-0.25, -0.2) is 13.6 Å². The summed E-state index contributed by atoms with van der Waals surface area (Å²) in [6.07, 6.45) is 1.26. The summed E-state index contributed by atoms with van der Waals surface area (Å²) in [7, 11) is 0. The van der Waals surface area contributed by atoms with E-state index in [9.17, 15) is 18.4 Å². The van der Waals surface area contributed by atoms with Gasteiger partial charge in [0, 0.05) is 19.2 Å². The second kappa shape index (κ2) is 7.60. The molecule has 3 rings (SSSR count). The van der Waals surface area contributed by atoms with Crippen LogP contribution < -0.4 is 10.6 Å². The third-order valence-corrected chi connectivity index (χ3v) is 4.80. The zero-order valence-corrected chi connectivity index (χ0v) is 14.1. The van der Waals surface area contributed by atoms with Gasteiger partial charge in [-0.05, 0) is 42.5 Å². The Morgan fingerprint density at radius 1 is 1.20 bits per heavy atom. The largest absolute Gasteiger partial charge is 0.324 e.